The number of para-hydroxylation sites is 1. The van der Waals surface area contributed by atoms with Gasteiger partial charge < -0.3 is 20.1 Å². The molecule has 2 N–H and O–H groups in total. The van der Waals surface area contributed by atoms with E-state index in [4.69, 9.17) is 15.2 Å². The fraction of sp³-hybridized carbons (Fsp3) is 0.462. The second-order valence-corrected chi connectivity index (χ2v) is 4.34. The first kappa shape index (κ1) is 12.7. The average Bonchev–Trinajstić information content (AvgIpc) is 2.39. The van der Waals surface area contributed by atoms with Crippen molar-refractivity contribution < 1.29 is 14.3 Å². The standard InChI is InChI=1S/C13H18N2O3/c1-9-8-18-7-6-15(9)13(16)10-4-3-5-11(17-2)12(10)14/h3-5,9H,6-8,14H2,1-2H3/t9-/m1/s1. The normalized spacial score (nSPS) is 19.7. The van der Waals surface area contributed by atoms with Crippen molar-refractivity contribution in [1.82, 2.24) is 4.90 Å². The molecule has 5 nitrogen and oxygen atoms in total. The van der Waals surface area contributed by atoms with Crippen LogP contribution in [-0.4, -0.2) is 43.7 Å². The van der Waals surface area contributed by atoms with Crippen LogP contribution < -0.4 is 10.5 Å². The summed E-state index contributed by atoms with van der Waals surface area (Å²) in [5.41, 5.74) is 6.82. The SMILES string of the molecule is COc1cccc(C(=O)N2CCOC[C@H]2C)c1N. The van der Waals surface area contributed by atoms with Crippen LogP contribution in [0.4, 0.5) is 5.69 Å². The number of anilines is 1. The number of benzene rings is 1. The quantitative estimate of drug-likeness (QED) is 0.799. The Labute approximate surface area is 106 Å². The van der Waals surface area contributed by atoms with Crippen molar-refractivity contribution in [1.29, 1.82) is 0 Å². The number of nitrogens with two attached hydrogens (primary N) is 1. The Morgan fingerprint density at radius 1 is 1.56 bits per heavy atom. The molecule has 1 aliphatic rings. The zero-order valence-corrected chi connectivity index (χ0v) is 10.7. The molecule has 0 radical (unpaired) electrons. The third-order valence-corrected chi connectivity index (χ3v) is 3.14. The van der Waals surface area contributed by atoms with Gasteiger partial charge in [0.1, 0.15) is 5.75 Å². The lowest BCUT2D eigenvalue weighted by Gasteiger charge is -2.33. The highest BCUT2D eigenvalue weighted by Gasteiger charge is 2.26. The molecule has 0 aliphatic carbocycles. The first-order valence-corrected chi connectivity index (χ1v) is 5.96. The number of amides is 1. The molecule has 1 amide bonds. The lowest BCUT2D eigenvalue weighted by atomic mass is 10.1. The lowest BCUT2D eigenvalue weighted by molar-refractivity contribution is 0.00364. The van der Waals surface area contributed by atoms with E-state index < -0.39 is 0 Å². The maximum Gasteiger partial charge on any atom is 0.256 e. The van der Waals surface area contributed by atoms with Crippen molar-refractivity contribution in [2.75, 3.05) is 32.6 Å². The third-order valence-electron chi connectivity index (χ3n) is 3.14. The lowest BCUT2D eigenvalue weighted by Crippen LogP contribution is -2.47. The molecular formula is C13H18N2O3. The van der Waals surface area contributed by atoms with Crippen molar-refractivity contribution >= 4 is 11.6 Å². The van der Waals surface area contributed by atoms with Gasteiger partial charge in [-0.1, -0.05) is 6.07 Å². The molecular weight excluding hydrogens is 232 g/mol. The van der Waals surface area contributed by atoms with E-state index in [0.29, 0.717) is 36.8 Å². The van der Waals surface area contributed by atoms with Crippen molar-refractivity contribution in [3.8, 4) is 5.75 Å². The molecule has 2 rings (SSSR count). The number of methoxy groups -OCH3 is 1. The zero-order valence-electron chi connectivity index (χ0n) is 10.7. The summed E-state index contributed by atoms with van der Waals surface area (Å²) in [6.45, 7) is 3.69. The second-order valence-electron chi connectivity index (χ2n) is 4.34. The molecule has 98 valence electrons. The Morgan fingerprint density at radius 3 is 3.00 bits per heavy atom. The number of rotatable bonds is 2. The molecule has 1 aromatic rings. The van der Waals surface area contributed by atoms with Gasteiger partial charge in [-0.15, -0.1) is 0 Å². The van der Waals surface area contributed by atoms with E-state index >= 15 is 0 Å². The molecule has 0 bridgehead atoms. The van der Waals surface area contributed by atoms with Crippen LogP contribution in [-0.2, 0) is 4.74 Å². The van der Waals surface area contributed by atoms with Gasteiger partial charge in [-0.25, -0.2) is 0 Å². The minimum absolute atomic E-state index is 0.0665. The average molecular weight is 250 g/mol. The third kappa shape index (κ3) is 2.26. The van der Waals surface area contributed by atoms with Crippen molar-refractivity contribution in [2.45, 2.75) is 13.0 Å². The van der Waals surface area contributed by atoms with E-state index in [1.807, 2.05) is 6.92 Å². The highest BCUT2D eigenvalue weighted by Crippen LogP contribution is 2.26. The van der Waals surface area contributed by atoms with Gasteiger partial charge in [-0.2, -0.15) is 0 Å². The fourth-order valence-electron chi connectivity index (χ4n) is 2.09. The van der Waals surface area contributed by atoms with Crippen LogP contribution in [0.15, 0.2) is 18.2 Å². The van der Waals surface area contributed by atoms with Gasteiger partial charge >= 0.3 is 0 Å². The van der Waals surface area contributed by atoms with Crippen LogP contribution in [0.5, 0.6) is 5.75 Å². The molecule has 1 atom stereocenters. The Hall–Kier alpha value is -1.75. The monoisotopic (exact) mass is 250 g/mol. The van der Waals surface area contributed by atoms with Crippen molar-refractivity contribution in [2.24, 2.45) is 0 Å². The van der Waals surface area contributed by atoms with Crippen molar-refractivity contribution in [3.05, 3.63) is 23.8 Å². The summed E-state index contributed by atoms with van der Waals surface area (Å²) < 4.78 is 10.5. The number of carbonyl (C=O) groups excluding carboxylic acids is 1. The summed E-state index contributed by atoms with van der Waals surface area (Å²) in [4.78, 5) is 14.2. The van der Waals surface area contributed by atoms with Gasteiger partial charge in [-0.05, 0) is 19.1 Å². The molecule has 0 aromatic heterocycles. The smallest absolute Gasteiger partial charge is 0.256 e. The molecule has 0 unspecified atom stereocenters. The van der Waals surface area contributed by atoms with Crippen LogP contribution in [0.25, 0.3) is 0 Å². The van der Waals surface area contributed by atoms with E-state index in [0.717, 1.165) is 0 Å². The van der Waals surface area contributed by atoms with E-state index in [-0.39, 0.29) is 11.9 Å². The summed E-state index contributed by atoms with van der Waals surface area (Å²) >= 11 is 0. The van der Waals surface area contributed by atoms with Crippen LogP contribution in [0, 0.1) is 0 Å². The number of nitrogens with zero attached hydrogens (tertiary/aromatic N) is 1. The van der Waals surface area contributed by atoms with Crippen LogP contribution in [0.3, 0.4) is 0 Å². The highest BCUT2D eigenvalue weighted by atomic mass is 16.5. The zero-order chi connectivity index (χ0) is 13.1. The fourth-order valence-corrected chi connectivity index (χ4v) is 2.09. The minimum Gasteiger partial charge on any atom is -0.495 e. The number of hydrogen-bond acceptors (Lipinski definition) is 4. The van der Waals surface area contributed by atoms with Gasteiger partial charge in [0.05, 0.1) is 37.6 Å². The van der Waals surface area contributed by atoms with Gasteiger partial charge in [-0.3, -0.25) is 4.79 Å². The predicted octanol–water partition coefficient (Wildman–Crippen LogP) is 1.14. The number of hydrogen-bond donors (Lipinski definition) is 1. The van der Waals surface area contributed by atoms with Crippen molar-refractivity contribution in [3.63, 3.8) is 0 Å². The molecule has 1 aliphatic heterocycles. The van der Waals surface area contributed by atoms with Gasteiger partial charge in [0.25, 0.3) is 5.91 Å². The number of ether oxygens (including phenoxy) is 2. The summed E-state index contributed by atoms with van der Waals surface area (Å²) in [6, 6.07) is 5.31. The number of carbonyl (C=O) groups is 1. The molecule has 1 heterocycles. The van der Waals surface area contributed by atoms with Gasteiger partial charge in [0.2, 0.25) is 0 Å². The van der Waals surface area contributed by atoms with E-state index in [1.54, 1.807) is 23.1 Å². The summed E-state index contributed by atoms with van der Waals surface area (Å²) in [5.74, 6) is 0.462. The molecule has 1 fully saturated rings. The van der Waals surface area contributed by atoms with Crippen LogP contribution in [0.1, 0.15) is 17.3 Å². The van der Waals surface area contributed by atoms with E-state index in [1.165, 1.54) is 7.11 Å². The highest BCUT2D eigenvalue weighted by molar-refractivity contribution is 6.00. The Kier molecular flexibility index (Phi) is 3.72. The summed E-state index contributed by atoms with van der Waals surface area (Å²) in [6.07, 6.45) is 0. The first-order chi connectivity index (χ1) is 8.65. The maximum absolute atomic E-state index is 12.4. The Morgan fingerprint density at radius 2 is 2.33 bits per heavy atom. The van der Waals surface area contributed by atoms with Gasteiger partial charge in [0, 0.05) is 6.54 Å². The number of nitrogen functional groups attached to an aromatic ring is 1. The Bertz CT molecular complexity index is 448. The second kappa shape index (κ2) is 5.27. The Balaban J connectivity index is 2.28. The first-order valence-electron chi connectivity index (χ1n) is 5.96. The van der Waals surface area contributed by atoms with Crippen LogP contribution in [0.2, 0.25) is 0 Å². The molecule has 1 saturated heterocycles. The predicted molar refractivity (Wildman–Crippen MR) is 68.7 cm³/mol. The maximum atomic E-state index is 12.4. The van der Waals surface area contributed by atoms with E-state index in [9.17, 15) is 4.79 Å². The van der Waals surface area contributed by atoms with E-state index in [2.05, 4.69) is 0 Å². The largest absolute Gasteiger partial charge is 0.495 e. The molecule has 5 heteroatoms. The number of morpholine rings is 1. The van der Waals surface area contributed by atoms with Gasteiger partial charge in [0.15, 0.2) is 0 Å². The molecule has 0 spiro atoms. The molecule has 18 heavy (non-hydrogen) atoms. The summed E-state index contributed by atoms with van der Waals surface area (Å²) in [7, 11) is 1.54. The molecule has 1 aromatic carbocycles. The summed E-state index contributed by atoms with van der Waals surface area (Å²) in [5, 5.41) is 0. The van der Waals surface area contributed by atoms with Crippen LogP contribution >= 0.6 is 0 Å². The topological polar surface area (TPSA) is 64.8 Å². The minimum atomic E-state index is -0.0674. The molecule has 0 saturated carbocycles.